The number of carbonyl (C=O) groups excluding carboxylic acids is 1. The van der Waals surface area contributed by atoms with Crippen LogP contribution in [0.4, 0.5) is 0 Å². The van der Waals surface area contributed by atoms with Gasteiger partial charge in [0, 0.05) is 24.8 Å². The maximum Gasteiger partial charge on any atom is 0.257 e. The molecule has 0 spiro atoms. The molecule has 4 rings (SSSR count). The molecule has 0 aliphatic carbocycles. The third-order valence-corrected chi connectivity index (χ3v) is 5.84. The Bertz CT molecular complexity index is 993. The highest BCUT2D eigenvalue weighted by Gasteiger charge is 2.36. The average Bonchev–Trinajstić information content (AvgIpc) is 3.33. The summed E-state index contributed by atoms with van der Waals surface area (Å²) in [5.41, 5.74) is 10.6. The lowest BCUT2D eigenvalue weighted by Crippen LogP contribution is -2.34. The molecule has 2 aromatic carbocycles. The number of likely N-dealkylation sites (tertiary alicyclic amines) is 1. The van der Waals surface area contributed by atoms with Crippen LogP contribution in [0.1, 0.15) is 34.8 Å². The van der Waals surface area contributed by atoms with Gasteiger partial charge < -0.3 is 10.6 Å². The Labute approximate surface area is 172 Å². The van der Waals surface area contributed by atoms with Crippen molar-refractivity contribution in [2.45, 2.75) is 26.8 Å². The normalized spacial score (nSPS) is 18.9. The second kappa shape index (κ2) is 7.84. The molecule has 1 saturated heterocycles. The monoisotopic (exact) mass is 388 g/mol. The highest BCUT2D eigenvalue weighted by molar-refractivity contribution is 6.00. The van der Waals surface area contributed by atoms with Crippen LogP contribution in [0.5, 0.6) is 0 Å². The zero-order valence-electron chi connectivity index (χ0n) is 17.1. The van der Waals surface area contributed by atoms with E-state index in [0.29, 0.717) is 25.2 Å². The molecular formula is C24H28N4O. The van der Waals surface area contributed by atoms with Gasteiger partial charge in [-0.3, -0.25) is 9.48 Å². The molecule has 1 aliphatic heterocycles. The standard InChI is InChI=1S/C24H28N4O/c1-18-8-10-20(11-9-18)22-21(23(29)27-13-12-24(2,16-25)17-27)15-28(26-22)14-19-6-4-3-5-7-19/h3-11,15H,12-14,16-17,25H2,1-2H3. The molecule has 1 aromatic heterocycles. The van der Waals surface area contributed by atoms with E-state index in [9.17, 15) is 4.79 Å². The smallest absolute Gasteiger partial charge is 0.257 e. The van der Waals surface area contributed by atoms with E-state index in [4.69, 9.17) is 10.8 Å². The summed E-state index contributed by atoms with van der Waals surface area (Å²) < 4.78 is 1.87. The van der Waals surface area contributed by atoms with Gasteiger partial charge in [0.2, 0.25) is 0 Å². The van der Waals surface area contributed by atoms with Crippen LogP contribution in [0.3, 0.4) is 0 Å². The molecule has 1 atom stereocenters. The minimum atomic E-state index is -0.000283. The molecular weight excluding hydrogens is 360 g/mol. The second-order valence-electron chi connectivity index (χ2n) is 8.43. The Kier molecular flexibility index (Phi) is 5.24. The van der Waals surface area contributed by atoms with Crippen molar-refractivity contribution in [3.05, 3.63) is 77.5 Å². The van der Waals surface area contributed by atoms with Gasteiger partial charge in [-0.2, -0.15) is 5.10 Å². The second-order valence-corrected chi connectivity index (χ2v) is 8.43. The van der Waals surface area contributed by atoms with Gasteiger partial charge in [0.1, 0.15) is 5.69 Å². The average molecular weight is 389 g/mol. The fourth-order valence-corrected chi connectivity index (χ4v) is 3.89. The Morgan fingerprint density at radius 3 is 2.52 bits per heavy atom. The van der Waals surface area contributed by atoms with Crippen molar-refractivity contribution in [1.29, 1.82) is 0 Å². The van der Waals surface area contributed by atoms with E-state index < -0.39 is 0 Å². The number of amides is 1. The van der Waals surface area contributed by atoms with Crippen molar-refractivity contribution in [3.63, 3.8) is 0 Å². The Morgan fingerprint density at radius 2 is 1.86 bits per heavy atom. The first kappa shape index (κ1) is 19.4. The molecule has 1 unspecified atom stereocenters. The van der Waals surface area contributed by atoms with Crippen LogP contribution in [0.2, 0.25) is 0 Å². The minimum Gasteiger partial charge on any atom is -0.338 e. The van der Waals surface area contributed by atoms with E-state index in [2.05, 4.69) is 38.1 Å². The van der Waals surface area contributed by atoms with Crippen molar-refractivity contribution in [2.75, 3.05) is 19.6 Å². The third kappa shape index (κ3) is 4.10. The van der Waals surface area contributed by atoms with Crippen molar-refractivity contribution in [2.24, 2.45) is 11.1 Å². The van der Waals surface area contributed by atoms with Crippen LogP contribution in [0.15, 0.2) is 60.8 Å². The quantitative estimate of drug-likeness (QED) is 0.725. The predicted molar refractivity (Wildman–Crippen MR) is 116 cm³/mol. The van der Waals surface area contributed by atoms with Gasteiger partial charge in [-0.25, -0.2) is 0 Å². The fraction of sp³-hybridized carbons (Fsp3) is 0.333. The van der Waals surface area contributed by atoms with E-state index in [1.54, 1.807) is 0 Å². The van der Waals surface area contributed by atoms with Crippen molar-refractivity contribution >= 4 is 5.91 Å². The Hall–Kier alpha value is -2.92. The first-order valence-corrected chi connectivity index (χ1v) is 10.2. The number of hydrogen-bond acceptors (Lipinski definition) is 3. The maximum atomic E-state index is 13.4. The van der Waals surface area contributed by atoms with Crippen molar-refractivity contribution < 1.29 is 4.79 Å². The van der Waals surface area contributed by atoms with E-state index in [1.165, 1.54) is 5.56 Å². The molecule has 1 fully saturated rings. The number of rotatable bonds is 5. The lowest BCUT2D eigenvalue weighted by molar-refractivity contribution is 0.0777. The Morgan fingerprint density at radius 1 is 1.14 bits per heavy atom. The number of hydrogen-bond donors (Lipinski definition) is 1. The molecule has 0 saturated carbocycles. The molecule has 5 nitrogen and oxygen atoms in total. The number of benzene rings is 2. The van der Waals surface area contributed by atoms with Gasteiger partial charge in [0.15, 0.2) is 0 Å². The number of aryl methyl sites for hydroxylation is 1. The van der Waals surface area contributed by atoms with Gasteiger partial charge in [-0.1, -0.05) is 67.1 Å². The van der Waals surface area contributed by atoms with Crippen LogP contribution in [0.25, 0.3) is 11.3 Å². The first-order chi connectivity index (χ1) is 14.0. The van der Waals surface area contributed by atoms with E-state index in [-0.39, 0.29) is 11.3 Å². The van der Waals surface area contributed by atoms with E-state index in [1.807, 2.05) is 46.1 Å². The van der Waals surface area contributed by atoms with Gasteiger partial charge in [0.25, 0.3) is 5.91 Å². The molecule has 3 aromatic rings. The van der Waals surface area contributed by atoms with Crippen LogP contribution >= 0.6 is 0 Å². The topological polar surface area (TPSA) is 64.2 Å². The molecule has 2 N–H and O–H groups in total. The molecule has 2 heterocycles. The summed E-state index contributed by atoms with van der Waals surface area (Å²) in [6.07, 6.45) is 2.83. The van der Waals surface area contributed by atoms with Gasteiger partial charge >= 0.3 is 0 Å². The minimum absolute atomic E-state index is 0.000283. The molecule has 5 heteroatoms. The highest BCUT2D eigenvalue weighted by Crippen LogP contribution is 2.31. The van der Waals surface area contributed by atoms with E-state index >= 15 is 0 Å². The summed E-state index contributed by atoms with van der Waals surface area (Å²) in [5.74, 6) is 0.0389. The van der Waals surface area contributed by atoms with Crippen LogP contribution in [-0.4, -0.2) is 40.2 Å². The zero-order chi connectivity index (χ0) is 20.4. The summed E-state index contributed by atoms with van der Waals surface area (Å²) in [4.78, 5) is 15.3. The van der Waals surface area contributed by atoms with Crippen molar-refractivity contribution in [3.8, 4) is 11.3 Å². The largest absolute Gasteiger partial charge is 0.338 e. The molecule has 29 heavy (non-hydrogen) atoms. The van der Waals surface area contributed by atoms with Gasteiger partial charge in [0.05, 0.1) is 12.1 Å². The number of aromatic nitrogens is 2. The first-order valence-electron chi connectivity index (χ1n) is 10.2. The molecule has 1 aliphatic rings. The lowest BCUT2D eigenvalue weighted by Gasteiger charge is -2.22. The molecule has 0 bridgehead atoms. The third-order valence-electron chi connectivity index (χ3n) is 5.84. The zero-order valence-corrected chi connectivity index (χ0v) is 17.1. The number of nitrogens with zero attached hydrogens (tertiary/aromatic N) is 3. The van der Waals surface area contributed by atoms with Gasteiger partial charge in [-0.05, 0) is 30.9 Å². The summed E-state index contributed by atoms with van der Waals surface area (Å²) >= 11 is 0. The Balaban J connectivity index is 1.69. The van der Waals surface area contributed by atoms with Crippen LogP contribution < -0.4 is 5.73 Å². The lowest BCUT2D eigenvalue weighted by atomic mass is 9.90. The SMILES string of the molecule is Cc1ccc(-c2nn(Cc3ccccc3)cc2C(=O)N2CCC(C)(CN)C2)cc1. The van der Waals surface area contributed by atoms with Crippen LogP contribution in [0, 0.1) is 12.3 Å². The number of nitrogens with two attached hydrogens (primary N) is 1. The van der Waals surface area contributed by atoms with Crippen molar-refractivity contribution in [1.82, 2.24) is 14.7 Å². The molecule has 150 valence electrons. The summed E-state index contributed by atoms with van der Waals surface area (Å²) in [6.45, 7) is 6.87. The fourth-order valence-electron chi connectivity index (χ4n) is 3.89. The van der Waals surface area contributed by atoms with Gasteiger partial charge in [-0.15, -0.1) is 0 Å². The molecule has 0 radical (unpaired) electrons. The molecule has 1 amide bonds. The van der Waals surface area contributed by atoms with E-state index in [0.717, 1.165) is 29.8 Å². The summed E-state index contributed by atoms with van der Waals surface area (Å²) in [5, 5.41) is 4.80. The summed E-state index contributed by atoms with van der Waals surface area (Å²) in [6, 6.07) is 18.4. The number of carbonyl (C=O) groups is 1. The summed E-state index contributed by atoms with van der Waals surface area (Å²) in [7, 11) is 0. The maximum absolute atomic E-state index is 13.4. The predicted octanol–water partition coefficient (Wildman–Crippen LogP) is 3.72. The highest BCUT2D eigenvalue weighted by atomic mass is 16.2. The van der Waals surface area contributed by atoms with Crippen LogP contribution in [-0.2, 0) is 6.54 Å².